The summed E-state index contributed by atoms with van der Waals surface area (Å²) in [6, 6.07) is 2.09. The van der Waals surface area contributed by atoms with Crippen LogP contribution < -0.4 is 4.72 Å². The monoisotopic (exact) mass is 325 g/mol. The van der Waals surface area contributed by atoms with E-state index in [1.165, 1.54) is 5.56 Å². The molecule has 0 aromatic carbocycles. The number of hydrogen-bond acceptors (Lipinski definition) is 4. The summed E-state index contributed by atoms with van der Waals surface area (Å²) in [5, 5.41) is 8.52. The normalized spacial score (nSPS) is 15.5. The van der Waals surface area contributed by atoms with Gasteiger partial charge in [-0.1, -0.05) is 0 Å². The summed E-state index contributed by atoms with van der Waals surface area (Å²) in [7, 11) is -3.11. The third kappa shape index (κ3) is 3.04. The van der Waals surface area contributed by atoms with E-state index in [1.54, 1.807) is 11.3 Å². The molecule has 7 heteroatoms. The number of thiophene rings is 1. The van der Waals surface area contributed by atoms with Gasteiger partial charge in [-0.2, -0.15) is 16.4 Å². The van der Waals surface area contributed by atoms with Gasteiger partial charge < -0.3 is 0 Å². The number of aryl methyl sites for hydroxylation is 1. The second kappa shape index (κ2) is 5.55. The number of aromatic nitrogens is 2. The lowest BCUT2D eigenvalue weighted by Crippen LogP contribution is -2.30. The molecule has 2 aromatic rings. The summed E-state index contributed by atoms with van der Waals surface area (Å²) in [6.45, 7) is 4.97. The predicted molar refractivity (Wildman–Crippen MR) is 85.0 cm³/mol. The van der Waals surface area contributed by atoms with Crippen molar-refractivity contribution in [1.82, 2.24) is 14.5 Å². The van der Waals surface area contributed by atoms with E-state index in [4.69, 9.17) is 0 Å². The highest BCUT2D eigenvalue weighted by atomic mass is 32.2. The maximum atomic E-state index is 11.8. The molecule has 1 N–H and O–H groups in total. The first-order chi connectivity index (χ1) is 9.99. The predicted octanol–water partition coefficient (Wildman–Crippen LogP) is 2.31. The van der Waals surface area contributed by atoms with E-state index in [9.17, 15) is 8.42 Å². The Morgan fingerprint density at radius 2 is 2.19 bits per heavy atom. The highest BCUT2D eigenvalue weighted by Crippen LogP contribution is 2.29. The minimum absolute atomic E-state index is 0.167. The Morgan fingerprint density at radius 3 is 2.81 bits per heavy atom. The molecule has 0 bridgehead atoms. The molecule has 0 aliphatic heterocycles. The van der Waals surface area contributed by atoms with Crippen LogP contribution in [0, 0.1) is 13.8 Å². The lowest BCUT2D eigenvalue weighted by atomic mass is 10.1. The zero-order chi connectivity index (χ0) is 15.0. The van der Waals surface area contributed by atoms with Crippen molar-refractivity contribution in [2.24, 2.45) is 0 Å². The molecule has 2 heterocycles. The van der Waals surface area contributed by atoms with E-state index in [-0.39, 0.29) is 5.25 Å². The molecule has 0 amide bonds. The summed E-state index contributed by atoms with van der Waals surface area (Å²) in [6.07, 6.45) is 1.58. The molecular weight excluding hydrogens is 306 g/mol. The van der Waals surface area contributed by atoms with Crippen LogP contribution >= 0.6 is 11.3 Å². The van der Waals surface area contributed by atoms with Crippen molar-refractivity contribution in [3.05, 3.63) is 28.2 Å². The van der Waals surface area contributed by atoms with Crippen LogP contribution in [0.5, 0.6) is 0 Å². The van der Waals surface area contributed by atoms with Gasteiger partial charge in [-0.25, -0.2) is 13.1 Å². The molecule has 114 valence electrons. The molecule has 0 saturated heterocycles. The van der Waals surface area contributed by atoms with E-state index in [0.717, 1.165) is 29.8 Å². The van der Waals surface area contributed by atoms with Gasteiger partial charge in [0.15, 0.2) is 0 Å². The number of nitrogens with zero attached hydrogens (tertiary/aromatic N) is 2. The molecular formula is C14H19N3O2S2. The van der Waals surface area contributed by atoms with Gasteiger partial charge in [0.05, 0.1) is 17.5 Å². The van der Waals surface area contributed by atoms with Gasteiger partial charge in [0, 0.05) is 17.8 Å². The minimum atomic E-state index is -3.11. The third-order valence-corrected chi connectivity index (χ3v) is 6.42. The molecule has 2 aromatic heterocycles. The van der Waals surface area contributed by atoms with Gasteiger partial charge >= 0.3 is 0 Å². The van der Waals surface area contributed by atoms with Gasteiger partial charge in [-0.05, 0) is 49.1 Å². The molecule has 21 heavy (non-hydrogen) atoms. The number of rotatable bonds is 6. The Kier molecular flexibility index (Phi) is 3.90. The first kappa shape index (κ1) is 14.7. The highest BCUT2D eigenvalue weighted by Gasteiger charge is 2.35. The Hall–Kier alpha value is -1.18. The minimum Gasteiger partial charge on any atom is -0.268 e. The van der Waals surface area contributed by atoms with Gasteiger partial charge in [0.2, 0.25) is 10.0 Å². The molecule has 1 saturated carbocycles. The molecule has 1 fully saturated rings. The largest absolute Gasteiger partial charge is 0.268 e. The van der Waals surface area contributed by atoms with E-state index in [1.807, 2.05) is 18.5 Å². The fraction of sp³-hybridized carbons (Fsp3) is 0.500. The second-order valence-electron chi connectivity index (χ2n) is 5.42. The van der Waals surface area contributed by atoms with Gasteiger partial charge in [-0.15, -0.1) is 0 Å². The molecule has 0 unspecified atom stereocenters. The number of sulfonamides is 1. The van der Waals surface area contributed by atoms with Gasteiger partial charge in [0.1, 0.15) is 0 Å². The second-order valence-corrected chi connectivity index (χ2v) is 8.25. The summed E-state index contributed by atoms with van der Waals surface area (Å²) < 4.78 is 28.1. The van der Waals surface area contributed by atoms with Crippen LogP contribution in [0.4, 0.5) is 0 Å². The summed E-state index contributed by atoms with van der Waals surface area (Å²) in [4.78, 5) is 0. The Morgan fingerprint density at radius 1 is 1.43 bits per heavy atom. The third-order valence-electron chi connectivity index (χ3n) is 3.78. The topological polar surface area (TPSA) is 64.0 Å². The quantitative estimate of drug-likeness (QED) is 0.886. The SMILES string of the molecule is Cc1nn(CCNS(=O)(=O)C2CC2)c(C)c1-c1ccsc1. The standard InChI is InChI=1S/C14H19N3O2S2/c1-10-14(12-5-8-20-9-12)11(2)17(16-10)7-6-15-21(18,19)13-3-4-13/h5,8-9,13,15H,3-4,6-7H2,1-2H3. The van der Waals surface area contributed by atoms with Crippen molar-refractivity contribution in [2.45, 2.75) is 38.5 Å². The van der Waals surface area contributed by atoms with Crippen LogP contribution in [-0.2, 0) is 16.6 Å². The average Bonchev–Trinajstić information content (AvgIpc) is 3.10. The zero-order valence-corrected chi connectivity index (χ0v) is 13.8. The van der Waals surface area contributed by atoms with Crippen molar-refractivity contribution in [3.63, 3.8) is 0 Å². The van der Waals surface area contributed by atoms with Crippen molar-refractivity contribution >= 4 is 21.4 Å². The van der Waals surface area contributed by atoms with Crippen LogP contribution in [0.3, 0.4) is 0 Å². The Balaban J connectivity index is 1.71. The summed E-state index contributed by atoms with van der Waals surface area (Å²) in [5.74, 6) is 0. The zero-order valence-electron chi connectivity index (χ0n) is 12.2. The van der Waals surface area contributed by atoms with Crippen molar-refractivity contribution in [3.8, 4) is 11.1 Å². The van der Waals surface area contributed by atoms with Gasteiger partial charge in [-0.3, -0.25) is 4.68 Å². The Labute approximate surface area is 129 Å². The first-order valence-electron chi connectivity index (χ1n) is 7.04. The fourth-order valence-electron chi connectivity index (χ4n) is 2.53. The average molecular weight is 325 g/mol. The molecule has 3 rings (SSSR count). The lowest BCUT2D eigenvalue weighted by molar-refractivity contribution is 0.553. The van der Waals surface area contributed by atoms with Crippen molar-refractivity contribution < 1.29 is 8.42 Å². The maximum absolute atomic E-state index is 11.8. The smallest absolute Gasteiger partial charge is 0.214 e. The fourth-order valence-corrected chi connectivity index (χ4v) is 4.54. The van der Waals surface area contributed by atoms with Crippen LogP contribution in [0.15, 0.2) is 16.8 Å². The Bertz CT molecular complexity index is 729. The van der Waals surface area contributed by atoms with E-state index >= 15 is 0 Å². The maximum Gasteiger partial charge on any atom is 0.214 e. The first-order valence-corrected chi connectivity index (χ1v) is 9.53. The van der Waals surface area contributed by atoms with E-state index in [2.05, 4.69) is 26.6 Å². The van der Waals surface area contributed by atoms with Crippen LogP contribution in [0.25, 0.3) is 11.1 Å². The summed E-state index contributed by atoms with van der Waals surface area (Å²) in [5.41, 5.74) is 4.40. The molecule has 0 atom stereocenters. The number of hydrogen-bond donors (Lipinski definition) is 1. The summed E-state index contributed by atoms with van der Waals surface area (Å²) >= 11 is 1.66. The number of nitrogens with one attached hydrogen (secondary N) is 1. The molecule has 1 aliphatic carbocycles. The van der Waals surface area contributed by atoms with Crippen molar-refractivity contribution in [2.75, 3.05) is 6.54 Å². The molecule has 1 aliphatic rings. The lowest BCUT2D eigenvalue weighted by Gasteiger charge is -2.07. The van der Waals surface area contributed by atoms with Gasteiger partial charge in [0.25, 0.3) is 0 Å². The van der Waals surface area contributed by atoms with E-state index < -0.39 is 10.0 Å². The highest BCUT2D eigenvalue weighted by molar-refractivity contribution is 7.90. The molecule has 5 nitrogen and oxygen atoms in total. The van der Waals surface area contributed by atoms with Crippen LogP contribution in [-0.4, -0.2) is 30.0 Å². The van der Waals surface area contributed by atoms with Crippen LogP contribution in [0.2, 0.25) is 0 Å². The van der Waals surface area contributed by atoms with Crippen LogP contribution in [0.1, 0.15) is 24.2 Å². The molecule has 0 radical (unpaired) electrons. The van der Waals surface area contributed by atoms with Crippen molar-refractivity contribution in [1.29, 1.82) is 0 Å². The molecule has 0 spiro atoms. The van der Waals surface area contributed by atoms with E-state index in [0.29, 0.717) is 13.1 Å².